The summed E-state index contributed by atoms with van der Waals surface area (Å²) in [5.41, 5.74) is 4.81. The minimum absolute atomic E-state index is 0.0921. The predicted octanol–water partition coefficient (Wildman–Crippen LogP) is 9.51. The highest BCUT2D eigenvalue weighted by atomic mass is 16.6. The molecular weight excluding hydrogens is 544 g/mol. The maximum Gasteiger partial charge on any atom is 0.339 e. The van der Waals surface area contributed by atoms with Gasteiger partial charge in [0.25, 0.3) is 0 Å². The second-order valence-corrected chi connectivity index (χ2v) is 14.6. The summed E-state index contributed by atoms with van der Waals surface area (Å²) in [6.07, 6.45) is 31.8. The number of epoxide rings is 1. The molecule has 4 unspecified atom stereocenters. The number of hydrogen-bond acceptors (Lipinski definition) is 4. The standard InChI is InChI=1S/C40H52O4/c1-28(16-12-17-29(2)21-23-40-38(7,8)26-33(41)27-39(40,9)44-40)14-10-11-15-30(3)24-34-25-32(36(42)43-34)19-20-35-31(4)18-13-22-37(35,5)6/h10-18,21-25,33,35,41H,19-20,26-27H2,1-9H3. The molecule has 236 valence electrons. The monoisotopic (exact) mass is 596 g/mol. The Labute approximate surface area is 265 Å². The molecule has 0 amide bonds. The van der Waals surface area contributed by atoms with Crippen molar-refractivity contribution < 1.29 is 19.4 Å². The van der Waals surface area contributed by atoms with Gasteiger partial charge in [-0.3, -0.25) is 0 Å². The van der Waals surface area contributed by atoms with Crippen LogP contribution in [0.25, 0.3) is 0 Å². The van der Waals surface area contributed by atoms with Crippen molar-refractivity contribution in [2.45, 2.75) is 105 Å². The number of aliphatic hydroxyl groups excluding tert-OH is 1. The molecule has 1 N–H and O–H groups in total. The quantitative estimate of drug-likeness (QED) is 0.155. The second-order valence-electron chi connectivity index (χ2n) is 14.6. The van der Waals surface area contributed by atoms with E-state index in [1.807, 2.05) is 37.3 Å². The number of ether oxygens (including phenoxy) is 2. The Kier molecular flexibility index (Phi) is 9.97. The van der Waals surface area contributed by atoms with Crippen molar-refractivity contribution >= 4 is 5.97 Å². The molecule has 44 heavy (non-hydrogen) atoms. The van der Waals surface area contributed by atoms with Gasteiger partial charge in [-0.2, -0.15) is 0 Å². The van der Waals surface area contributed by atoms with E-state index in [2.05, 4.69) is 110 Å². The third kappa shape index (κ3) is 7.53. The third-order valence-corrected chi connectivity index (χ3v) is 9.83. The number of rotatable bonds is 10. The molecule has 4 heteroatoms. The molecule has 4 aliphatic rings. The zero-order valence-electron chi connectivity index (χ0n) is 28.2. The lowest BCUT2D eigenvalue weighted by Crippen LogP contribution is -2.46. The minimum Gasteiger partial charge on any atom is -0.423 e. The van der Waals surface area contributed by atoms with Gasteiger partial charge < -0.3 is 14.6 Å². The Morgan fingerprint density at radius 2 is 1.61 bits per heavy atom. The smallest absolute Gasteiger partial charge is 0.339 e. The van der Waals surface area contributed by atoms with E-state index in [-0.39, 0.29) is 34.1 Å². The van der Waals surface area contributed by atoms with Crippen molar-refractivity contribution in [1.29, 1.82) is 0 Å². The number of hydrogen-bond donors (Lipinski definition) is 1. The second kappa shape index (κ2) is 13.0. The van der Waals surface area contributed by atoms with Crippen LogP contribution in [-0.4, -0.2) is 28.4 Å². The fraction of sp³-hybridized carbons (Fsp3) is 0.475. The van der Waals surface area contributed by atoms with E-state index in [1.165, 1.54) is 5.57 Å². The molecule has 1 saturated heterocycles. The van der Waals surface area contributed by atoms with Crippen molar-refractivity contribution in [2.75, 3.05) is 0 Å². The van der Waals surface area contributed by atoms with Gasteiger partial charge in [-0.05, 0) is 89.0 Å². The molecule has 4 atom stereocenters. The van der Waals surface area contributed by atoms with E-state index in [9.17, 15) is 9.90 Å². The maximum atomic E-state index is 12.5. The summed E-state index contributed by atoms with van der Waals surface area (Å²) in [7, 11) is 0. The number of aliphatic hydroxyl groups is 1. The number of fused-ring (bicyclic) bond motifs is 1. The molecule has 2 aliphatic carbocycles. The first-order valence-corrected chi connectivity index (χ1v) is 16.0. The van der Waals surface area contributed by atoms with Gasteiger partial charge >= 0.3 is 5.97 Å². The molecule has 4 nitrogen and oxygen atoms in total. The Morgan fingerprint density at radius 3 is 2.30 bits per heavy atom. The highest BCUT2D eigenvalue weighted by Gasteiger charge is 2.74. The van der Waals surface area contributed by atoms with Crippen LogP contribution < -0.4 is 0 Å². The fourth-order valence-electron chi connectivity index (χ4n) is 7.32. The summed E-state index contributed by atoms with van der Waals surface area (Å²) in [5, 5.41) is 10.3. The largest absolute Gasteiger partial charge is 0.423 e. The van der Waals surface area contributed by atoms with Gasteiger partial charge in [0, 0.05) is 17.4 Å². The average molecular weight is 597 g/mol. The number of esters is 1. The topological polar surface area (TPSA) is 59.1 Å². The molecule has 0 aromatic heterocycles. The fourth-order valence-corrected chi connectivity index (χ4v) is 7.32. The Bertz CT molecular complexity index is 1450. The molecule has 1 saturated carbocycles. The van der Waals surface area contributed by atoms with Crippen molar-refractivity contribution in [3.8, 4) is 0 Å². The van der Waals surface area contributed by atoms with E-state index in [1.54, 1.807) is 0 Å². The molecule has 0 bridgehead atoms. The summed E-state index contributed by atoms with van der Waals surface area (Å²) in [6.45, 7) is 19.4. The van der Waals surface area contributed by atoms with Crippen molar-refractivity contribution in [1.82, 2.24) is 0 Å². The van der Waals surface area contributed by atoms with Crippen molar-refractivity contribution in [3.63, 3.8) is 0 Å². The number of carbonyl (C=O) groups is 1. The van der Waals surface area contributed by atoms with E-state index in [4.69, 9.17) is 9.47 Å². The minimum atomic E-state index is -0.306. The van der Waals surface area contributed by atoms with Gasteiger partial charge in [0.15, 0.2) is 0 Å². The van der Waals surface area contributed by atoms with Crippen LogP contribution >= 0.6 is 0 Å². The number of allylic oxidation sites excluding steroid dienone is 17. The van der Waals surface area contributed by atoms with Gasteiger partial charge in [-0.1, -0.05) is 111 Å². The summed E-state index contributed by atoms with van der Waals surface area (Å²) >= 11 is 0. The summed E-state index contributed by atoms with van der Waals surface area (Å²) in [6, 6.07) is 0. The average Bonchev–Trinajstić information content (AvgIpc) is 3.39. The maximum absolute atomic E-state index is 12.5. The molecule has 2 aliphatic heterocycles. The van der Waals surface area contributed by atoms with E-state index in [0.29, 0.717) is 24.5 Å². The lowest BCUT2D eigenvalue weighted by Gasteiger charge is -2.39. The van der Waals surface area contributed by atoms with E-state index in [0.717, 1.165) is 35.1 Å². The van der Waals surface area contributed by atoms with Gasteiger partial charge in [-0.15, -0.1) is 0 Å². The van der Waals surface area contributed by atoms with Crippen LogP contribution in [0, 0.1) is 16.7 Å². The molecule has 0 spiro atoms. The van der Waals surface area contributed by atoms with E-state index < -0.39 is 0 Å². The van der Waals surface area contributed by atoms with Crippen LogP contribution in [0.2, 0.25) is 0 Å². The number of carbonyl (C=O) groups excluding carboxylic acids is 1. The van der Waals surface area contributed by atoms with E-state index >= 15 is 0 Å². The highest BCUT2D eigenvalue weighted by Crippen LogP contribution is 2.66. The molecule has 2 heterocycles. The molecule has 0 aromatic carbocycles. The number of cyclic esters (lactones) is 1. The normalized spacial score (nSPS) is 32.9. The zero-order valence-corrected chi connectivity index (χ0v) is 28.2. The summed E-state index contributed by atoms with van der Waals surface area (Å²) < 4.78 is 11.8. The molecular formula is C40H52O4. The van der Waals surface area contributed by atoms with Crippen molar-refractivity contribution in [3.05, 3.63) is 119 Å². The predicted molar refractivity (Wildman–Crippen MR) is 182 cm³/mol. The third-order valence-electron chi connectivity index (χ3n) is 9.83. The first kappa shape index (κ1) is 33.7. The SMILES string of the molecule is CC(C=CC=C(C)C=CC12OC1(C)CC(O)CC2(C)C)=CC=CC=C(C)C=C1C=C(CCC2C(C)=CC=CC2(C)C)C(=O)O1. The highest BCUT2D eigenvalue weighted by molar-refractivity contribution is 5.92. The molecule has 0 radical (unpaired) electrons. The van der Waals surface area contributed by atoms with Gasteiger partial charge in [0.2, 0.25) is 0 Å². The zero-order chi connectivity index (χ0) is 32.3. The van der Waals surface area contributed by atoms with Crippen LogP contribution in [0.4, 0.5) is 0 Å². The summed E-state index contributed by atoms with van der Waals surface area (Å²) in [4.78, 5) is 12.5. The first-order valence-electron chi connectivity index (χ1n) is 16.0. The Balaban J connectivity index is 1.28. The van der Waals surface area contributed by atoms with Gasteiger partial charge in [-0.25, -0.2) is 4.79 Å². The van der Waals surface area contributed by atoms with Crippen LogP contribution in [0.1, 0.15) is 88.0 Å². The van der Waals surface area contributed by atoms with Gasteiger partial charge in [0.05, 0.1) is 6.10 Å². The van der Waals surface area contributed by atoms with Crippen LogP contribution in [-0.2, 0) is 14.3 Å². The van der Waals surface area contributed by atoms with Crippen LogP contribution in [0.15, 0.2) is 119 Å². The molecule has 2 fully saturated rings. The molecule has 0 aromatic rings. The summed E-state index contributed by atoms with van der Waals surface area (Å²) in [5.74, 6) is 0.797. The first-order chi connectivity index (χ1) is 20.6. The molecule has 4 rings (SSSR count). The van der Waals surface area contributed by atoms with Crippen LogP contribution in [0.3, 0.4) is 0 Å². The Hall–Kier alpha value is -3.21. The lowest BCUT2D eigenvalue weighted by atomic mass is 9.63. The lowest BCUT2D eigenvalue weighted by molar-refractivity contribution is -0.133. The Morgan fingerprint density at radius 1 is 0.955 bits per heavy atom. The van der Waals surface area contributed by atoms with Crippen LogP contribution in [0.5, 0.6) is 0 Å². The van der Waals surface area contributed by atoms with Crippen molar-refractivity contribution in [2.24, 2.45) is 16.7 Å². The van der Waals surface area contributed by atoms with Gasteiger partial charge in [0.1, 0.15) is 17.0 Å².